The molecule has 9 nitrogen and oxygen atoms in total. The quantitative estimate of drug-likeness (QED) is 0.642. The van der Waals surface area contributed by atoms with Gasteiger partial charge in [-0.1, -0.05) is 0 Å². The average Bonchev–Trinajstić information content (AvgIpc) is 3.39. The molecule has 1 aliphatic heterocycles. The van der Waals surface area contributed by atoms with Gasteiger partial charge < -0.3 is 15.2 Å². The van der Waals surface area contributed by atoms with Crippen LogP contribution < -0.4 is 10.5 Å². The number of nitrogens with zero attached hydrogens (tertiary/aromatic N) is 3. The van der Waals surface area contributed by atoms with Crippen LogP contribution in [0.4, 0.5) is 10.5 Å². The van der Waals surface area contributed by atoms with Gasteiger partial charge in [0.25, 0.3) is 0 Å². The number of fused-ring (bicyclic) bond motifs is 3. The number of aliphatic hydroxyl groups is 1. The van der Waals surface area contributed by atoms with E-state index in [0.717, 1.165) is 78.1 Å². The van der Waals surface area contributed by atoms with Gasteiger partial charge in [-0.05, 0) is 56.6 Å². The monoisotopic (exact) mass is 449 g/mol. The van der Waals surface area contributed by atoms with Gasteiger partial charge in [-0.15, -0.1) is 15.7 Å². The minimum Gasteiger partial charge on any atom is -0.382 e. The molecule has 5 rings (SSSR count). The molecule has 0 fully saturated rings. The molecule has 0 spiro atoms. The van der Waals surface area contributed by atoms with Crippen molar-refractivity contribution in [2.24, 2.45) is 9.50 Å². The van der Waals surface area contributed by atoms with Gasteiger partial charge in [0.1, 0.15) is 5.60 Å². The number of nitrogens with one attached hydrogen (secondary N) is 1. The van der Waals surface area contributed by atoms with Crippen molar-refractivity contribution < 1.29 is 18.8 Å². The number of carbonyl (C=O) groups is 1. The molecule has 2 atom stereocenters. The van der Waals surface area contributed by atoms with Crippen LogP contribution >= 0.6 is 11.3 Å². The fourth-order valence-corrected chi connectivity index (χ4v) is 6.70. The molecule has 4 N–H and O–H groups in total. The number of urea groups is 1. The summed E-state index contributed by atoms with van der Waals surface area (Å²) in [4.78, 5) is 22.3. The van der Waals surface area contributed by atoms with Gasteiger partial charge in [0.05, 0.1) is 29.5 Å². The number of amides is 2. The smallest absolute Gasteiger partial charge is 0.354 e. The SMILES string of the molecule is CC1(O)COCc2nc(S(N)(=O)=NC(=O)Nc3c4c(nc5c3CCC5)CCC4)sc21. The van der Waals surface area contributed by atoms with E-state index in [-0.39, 0.29) is 17.6 Å². The van der Waals surface area contributed by atoms with Crippen LogP contribution in [0.1, 0.15) is 52.9 Å². The van der Waals surface area contributed by atoms with Crippen molar-refractivity contribution >= 4 is 33.0 Å². The predicted molar refractivity (Wildman–Crippen MR) is 112 cm³/mol. The third-order valence-electron chi connectivity index (χ3n) is 5.74. The van der Waals surface area contributed by atoms with Crippen LogP contribution in [0.15, 0.2) is 8.70 Å². The van der Waals surface area contributed by atoms with Gasteiger partial charge in [-0.25, -0.2) is 19.1 Å². The standard InChI is InChI=1S/C19H23N5O4S2/c1-19(26)9-28-8-14-16(19)29-18(22-14)30(20,27)24-17(25)23-15-10-4-2-6-12(10)21-13-7-3-5-11(13)15/h26H,2-9H2,1H3,(H3,20,21,23,24,25,27). The van der Waals surface area contributed by atoms with Crippen LogP contribution in [0, 0.1) is 0 Å². The second-order valence-corrected chi connectivity index (χ2v) is 11.1. The summed E-state index contributed by atoms with van der Waals surface area (Å²) in [5, 5.41) is 19.2. The molecule has 2 unspecified atom stereocenters. The van der Waals surface area contributed by atoms with E-state index in [0.29, 0.717) is 10.6 Å². The van der Waals surface area contributed by atoms with Gasteiger partial charge in [0.15, 0.2) is 9.92 Å². The van der Waals surface area contributed by atoms with Crippen LogP contribution in [0.2, 0.25) is 0 Å². The highest BCUT2D eigenvalue weighted by atomic mass is 32.2. The van der Waals surface area contributed by atoms with Crippen LogP contribution in [0.3, 0.4) is 0 Å². The first-order valence-corrected chi connectivity index (χ1v) is 12.3. The molecular formula is C19H23N5O4S2. The van der Waals surface area contributed by atoms with E-state index in [2.05, 4.69) is 14.7 Å². The second kappa shape index (κ2) is 7.06. The van der Waals surface area contributed by atoms with E-state index in [4.69, 9.17) is 14.9 Å². The number of nitrogens with two attached hydrogens (primary N) is 1. The van der Waals surface area contributed by atoms with Gasteiger partial charge in [0, 0.05) is 11.4 Å². The highest BCUT2D eigenvalue weighted by molar-refractivity contribution is 7.93. The average molecular weight is 450 g/mol. The Morgan fingerprint density at radius 3 is 2.50 bits per heavy atom. The van der Waals surface area contributed by atoms with E-state index in [1.165, 1.54) is 0 Å². The summed E-state index contributed by atoms with van der Waals surface area (Å²) in [5.41, 5.74) is 4.19. The molecule has 30 heavy (non-hydrogen) atoms. The number of ether oxygens (including phenoxy) is 1. The number of hydrogen-bond acceptors (Lipinski definition) is 7. The summed E-state index contributed by atoms with van der Waals surface area (Å²) in [6, 6.07) is -0.756. The fourth-order valence-electron chi connectivity index (χ4n) is 4.41. The normalized spacial score (nSPS) is 24.0. The zero-order chi connectivity index (χ0) is 21.1. The Balaban J connectivity index is 1.47. The minimum atomic E-state index is -3.56. The van der Waals surface area contributed by atoms with Crippen LogP contribution in [-0.2, 0) is 52.5 Å². The molecule has 2 aliphatic carbocycles. The summed E-state index contributed by atoms with van der Waals surface area (Å²) >= 11 is 1.01. The van der Waals surface area contributed by atoms with Gasteiger partial charge >= 0.3 is 6.03 Å². The number of anilines is 1. The topological polar surface area (TPSA) is 140 Å². The van der Waals surface area contributed by atoms with E-state index in [1.54, 1.807) is 6.92 Å². The number of pyridine rings is 1. The van der Waals surface area contributed by atoms with E-state index in [9.17, 15) is 14.1 Å². The molecule has 0 bridgehead atoms. The number of thiazole rings is 1. The fraction of sp³-hybridized carbons (Fsp3) is 0.526. The summed E-state index contributed by atoms with van der Waals surface area (Å²) in [5.74, 6) is 0. The maximum Gasteiger partial charge on any atom is 0.354 e. The first-order chi connectivity index (χ1) is 14.2. The van der Waals surface area contributed by atoms with Crippen molar-refractivity contribution in [3.05, 3.63) is 33.1 Å². The van der Waals surface area contributed by atoms with E-state index in [1.807, 2.05) is 0 Å². The molecule has 0 radical (unpaired) electrons. The Labute approximate surface area is 178 Å². The van der Waals surface area contributed by atoms with Gasteiger partial charge in [-0.3, -0.25) is 4.98 Å². The third-order valence-corrected chi connectivity index (χ3v) is 8.88. The van der Waals surface area contributed by atoms with E-state index < -0.39 is 21.5 Å². The lowest BCUT2D eigenvalue weighted by molar-refractivity contribution is -0.0586. The molecule has 0 aromatic carbocycles. The first-order valence-electron chi connectivity index (χ1n) is 9.94. The van der Waals surface area contributed by atoms with Crippen molar-refractivity contribution in [1.29, 1.82) is 0 Å². The Morgan fingerprint density at radius 2 is 1.87 bits per heavy atom. The lowest BCUT2D eigenvalue weighted by atomic mass is 10.0. The van der Waals surface area contributed by atoms with Crippen molar-refractivity contribution in [3.8, 4) is 0 Å². The van der Waals surface area contributed by atoms with Crippen molar-refractivity contribution in [2.75, 3.05) is 11.9 Å². The molecule has 0 saturated carbocycles. The Hall–Kier alpha value is -1.92. The maximum absolute atomic E-state index is 13.0. The summed E-state index contributed by atoms with van der Waals surface area (Å²) in [7, 11) is -3.56. The number of rotatable bonds is 2. The third kappa shape index (κ3) is 3.34. The molecule has 160 valence electrons. The summed E-state index contributed by atoms with van der Waals surface area (Å²) in [6.45, 7) is 1.90. The molecule has 2 aromatic heterocycles. The molecule has 3 aliphatic rings. The molecule has 2 aromatic rings. The van der Waals surface area contributed by atoms with Crippen molar-refractivity contribution in [3.63, 3.8) is 0 Å². The lowest BCUT2D eigenvalue weighted by Crippen LogP contribution is -2.31. The largest absolute Gasteiger partial charge is 0.382 e. The van der Waals surface area contributed by atoms with Crippen molar-refractivity contribution in [2.45, 2.75) is 62.0 Å². The summed E-state index contributed by atoms with van der Waals surface area (Å²) in [6.07, 6.45) is 5.54. The molecular weight excluding hydrogens is 426 g/mol. The van der Waals surface area contributed by atoms with Gasteiger partial charge in [0.2, 0.25) is 4.34 Å². The molecule has 2 amide bonds. The zero-order valence-corrected chi connectivity index (χ0v) is 18.2. The van der Waals surface area contributed by atoms with Crippen LogP contribution in [0.25, 0.3) is 0 Å². The highest BCUT2D eigenvalue weighted by Gasteiger charge is 2.35. The first kappa shape index (κ1) is 20.0. The Morgan fingerprint density at radius 1 is 1.20 bits per heavy atom. The Bertz CT molecular complexity index is 1150. The van der Waals surface area contributed by atoms with E-state index >= 15 is 0 Å². The molecule has 3 heterocycles. The minimum absolute atomic E-state index is 0.0126. The Kier molecular flexibility index (Phi) is 4.71. The maximum atomic E-state index is 13.0. The van der Waals surface area contributed by atoms with Gasteiger partial charge in [-0.2, -0.15) is 0 Å². The highest BCUT2D eigenvalue weighted by Crippen LogP contribution is 2.38. The molecule has 0 saturated heterocycles. The number of carbonyl (C=O) groups excluding carboxylic acids is 1. The number of aromatic nitrogens is 2. The van der Waals surface area contributed by atoms with Crippen LogP contribution in [0.5, 0.6) is 0 Å². The molecule has 11 heteroatoms. The second-order valence-electron chi connectivity index (χ2n) is 8.16. The van der Waals surface area contributed by atoms with Crippen LogP contribution in [-0.4, -0.2) is 31.9 Å². The van der Waals surface area contributed by atoms with Crippen molar-refractivity contribution in [1.82, 2.24) is 9.97 Å². The predicted octanol–water partition coefficient (Wildman–Crippen LogP) is 2.19. The number of hydrogen-bond donors (Lipinski definition) is 3. The number of aryl methyl sites for hydroxylation is 2. The lowest BCUT2D eigenvalue weighted by Gasteiger charge is -2.26. The summed E-state index contributed by atoms with van der Waals surface area (Å²) < 4.78 is 22.2. The zero-order valence-electron chi connectivity index (χ0n) is 16.6.